The van der Waals surface area contributed by atoms with Crippen molar-refractivity contribution in [2.75, 3.05) is 18.6 Å². The number of halogens is 3. The predicted molar refractivity (Wildman–Crippen MR) is 135 cm³/mol. The van der Waals surface area contributed by atoms with E-state index in [2.05, 4.69) is 25.3 Å². The third-order valence-corrected chi connectivity index (χ3v) is 6.76. The van der Waals surface area contributed by atoms with Crippen LogP contribution in [0.4, 0.5) is 8.78 Å². The van der Waals surface area contributed by atoms with Crippen molar-refractivity contribution >= 4 is 35.1 Å². The quantitative estimate of drug-likeness (QED) is 0.309. The van der Waals surface area contributed by atoms with E-state index in [9.17, 15) is 8.78 Å². The Morgan fingerprint density at radius 1 is 1.12 bits per heavy atom. The third-order valence-electron chi connectivity index (χ3n) is 5.81. The van der Waals surface area contributed by atoms with Gasteiger partial charge in [0.1, 0.15) is 12.4 Å². The number of alkyl halides is 2. The first-order valence-corrected chi connectivity index (χ1v) is 13.2. The van der Waals surface area contributed by atoms with Gasteiger partial charge in [0, 0.05) is 17.9 Å². The van der Waals surface area contributed by atoms with E-state index in [4.69, 9.17) is 25.9 Å². The topological polar surface area (TPSA) is 43.4 Å². The van der Waals surface area contributed by atoms with Gasteiger partial charge in [0.15, 0.2) is 0 Å². The number of allylic oxidation sites excluding steroid dienone is 1. The first kappa shape index (κ1) is 28.1. The molecule has 0 aliphatic heterocycles. The van der Waals surface area contributed by atoms with Crippen LogP contribution in [0.1, 0.15) is 55.7 Å². The van der Waals surface area contributed by atoms with E-state index in [1.807, 2.05) is 42.1 Å². The fourth-order valence-electron chi connectivity index (χ4n) is 4.05. The number of benzene rings is 2. The molecular weight excluding hydrogens is 478 g/mol. The van der Waals surface area contributed by atoms with Crippen LogP contribution < -0.4 is 4.74 Å². The second kappa shape index (κ2) is 14.3. The molecule has 0 radical (unpaired) electrons. The van der Waals surface area contributed by atoms with Gasteiger partial charge >= 0.3 is 6.15 Å². The number of ether oxygens (including phenoxy) is 1. The van der Waals surface area contributed by atoms with E-state index in [0.29, 0.717) is 17.0 Å². The van der Waals surface area contributed by atoms with Crippen LogP contribution >= 0.6 is 23.4 Å². The molecule has 0 heterocycles. The van der Waals surface area contributed by atoms with Crippen LogP contribution in [0.25, 0.3) is 5.57 Å². The lowest BCUT2D eigenvalue weighted by Gasteiger charge is -2.28. The van der Waals surface area contributed by atoms with Gasteiger partial charge in [-0.2, -0.15) is 21.4 Å². The van der Waals surface area contributed by atoms with Crippen molar-refractivity contribution in [2.45, 2.75) is 57.8 Å². The summed E-state index contributed by atoms with van der Waals surface area (Å²) in [6.45, 7) is 2.33. The zero-order valence-electron chi connectivity index (χ0n) is 19.7. The fourth-order valence-corrected chi connectivity index (χ4v) is 4.66. The lowest BCUT2D eigenvalue weighted by molar-refractivity contribution is -0.191. The summed E-state index contributed by atoms with van der Waals surface area (Å²) >= 11 is 7.87. The minimum atomic E-state index is -2.68. The first-order valence-electron chi connectivity index (χ1n) is 11.4. The zero-order chi connectivity index (χ0) is 25.0. The molecule has 0 N–H and O–H groups in total. The van der Waals surface area contributed by atoms with Crippen LogP contribution in [0.15, 0.2) is 48.0 Å². The van der Waals surface area contributed by atoms with Gasteiger partial charge in [0.25, 0.3) is 5.92 Å². The predicted octanol–water partition coefficient (Wildman–Crippen LogP) is 7.66. The molecule has 1 aliphatic rings. The van der Waals surface area contributed by atoms with Gasteiger partial charge in [-0.15, -0.1) is 0 Å². The lowest BCUT2D eigenvalue weighted by Crippen LogP contribution is -2.24. The Bertz CT molecular complexity index is 984. The summed E-state index contributed by atoms with van der Waals surface area (Å²) in [5.74, 6) is -0.713. The molecule has 0 saturated heterocycles. The van der Waals surface area contributed by atoms with Crippen molar-refractivity contribution < 1.29 is 23.1 Å². The SMILES string of the molecule is CCc1ccc(OCC2=C(c3ccc(Cl)cc3)CCC(F)(F)C2)c(CCCCSC)c1.O=C=O. The molecule has 0 fully saturated rings. The number of unbranched alkanes of at least 4 members (excludes halogenated alkanes) is 1. The van der Waals surface area contributed by atoms with E-state index in [-0.39, 0.29) is 25.6 Å². The van der Waals surface area contributed by atoms with E-state index >= 15 is 0 Å². The molecule has 0 amide bonds. The lowest BCUT2D eigenvalue weighted by atomic mass is 9.85. The summed E-state index contributed by atoms with van der Waals surface area (Å²) in [5, 5.41) is 0.644. The number of hydrogen-bond donors (Lipinski definition) is 0. The van der Waals surface area contributed by atoms with Crippen LogP contribution in [-0.4, -0.2) is 30.7 Å². The van der Waals surface area contributed by atoms with Crippen molar-refractivity contribution in [2.24, 2.45) is 0 Å². The van der Waals surface area contributed by atoms with Crippen molar-refractivity contribution in [3.05, 3.63) is 69.8 Å². The molecule has 1 aliphatic carbocycles. The molecule has 0 unspecified atom stereocenters. The summed E-state index contributed by atoms with van der Waals surface area (Å²) in [6.07, 6.45) is 6.53. The molecular formula is C27H31ClF2O3S. The van der Waals surface area contributed by atoms with Crippen molar-refractivity contribution in [3.8, 4) is 5.75 Å². The molecule has 184 valence electrons. The molecule has 0 saturated carbocycles. The molecule has 0 aromatic heterocycles. The van der Waals surface area contributed by atoms with Gasteiger partial charge in [0.05, 0.1) is 0 Å². The van der Waals surface area contributed by atoms with Crippen molar-refractivity contribution in [1.29, 1.82) is 0 Å². The second-order valence-electron chi connectivity index (χ2n) is 8.24. The highest BCUT2D eigenvalue weighted by atomic mass is 35.5. The Hall–Kier alpha value is -2.14. The smallest absolute Gasteiger partial charge is 0.373 e. The van der Waals surface area contributed by atoms with E-state index in [1.165, 1.54) is 11.1 Å². The van der Waals surface area contributed by atoms with Crippen LogP contribution in [0.5, 0.6) is 5.75 Å². The van der Waals surface area contributed by atoms with Crippen LogP contribution in [0.3, 0.4) is 0 Å². The fraction of sp³-hybridized carbons (Fsp3) is 0.444. The Balaban J connectivity index is 0.00000129. The summed E-state index contributed by atoms with van der Waals surface area (Å²) in [4.78, 5) is 16.2. The molecule has 2 aromatic rings. The molecule has 0 atom stereocenters. The van der Waals surface area contributed by atoms with E-state index in [0.717, 1.165) is 48.3 Å². The summed E-state index contributed by atoms with van der Waals surface area (Å²) in [7, 11) is 0. The molecule has 3 nitrogen and oxygen atoms in total. The highest BCUT2D eigenvalue weighted by molar-refractivity contribution is 7.98. The average Bonchev–Trinajstić information content (AvgIpc) is 2.81. The van der Waals surface area contributed by atoms with Crippen LogP contribution in [-0.2, 0) is 22.4 Å². The monoisotopic (exact) mass is 508 g/mol. The third kappa shape index (κ3) is 8.90. The van der Waals surface area contributed by atoms with Gasteiger partial charge in [-0.25, -0.2) is 8.78 Å². The minimum Gasteiger partial charge on any atom is -0.489 e. The van der Waals surface area contributed by atoms with Gasteiger partial charge in [-0.05, 0) is 90.1 Å². The number of aryl methyl sites for hydroxylation is 2. The number of carbonyl (C=O) groups excluding carboxylic acids is 2. The van der Waals surface area contributed by atoms with Gasteiger partial charge in [-0.3, -0.25) is 0 Å². The molecule has 7 heteroatoms. The maximum absolute atomic E-state index is 14.2. The Kier molecular flexibility index (Phi) is 11.8. The molecule has 0 spiro atoms. The second-order valence-corrected chi connectivity index (χ2v) is 9.66. The first-order chi connectivity index (χ1) is 16.3. The molecule has 3 rings (SSSR count). The maximum atomic E-state index is 14.2. The maximum Gasteiger partial charge on any atom is 0.373 e. The van der Waals surface area contributed by atoms with Gasteiger partial charge < -0.3 is 4.74 Å². The normalized spacial score (nSPS) is 14.7. The van der Waals surface area contributed by atoms with Crippen LogP contribution in [0.2, 0.25) is 5.02 Å². The largest absolute Gasteiger partial charge is 0.489 e. The average molecular weight is 509 g/mol. The Labute approximate surface area is 209 Å². The Morgan fingerprint density at radius 2 is 1.82 bits per heavy atom. The summed E-state index contributed by atoms with van der Waals surface area (Å²) < 4.78 is 34.7. The highest BCUT2D eigenvalue weighted by Crippen LogP contribution is 2.41. The molecule has 0 bridgehead atoms. The summed E-state index contributed by atoms with van der Waals surface area (Å²) in [6, 6.07) is 13.7. The number of hydrogen-bond acceptors (Lipinski definition) is 4. The standard InChI is InChI=1S/C26H31ClF2OS.CO2/c1-3-19-7-12-25(21(16-19)6-4-5-15-31-2)30-18-22-17-26(28,29)14-13-24(22)20-8-10-23(27)11-9-20;2-1-3/h7-12,16H,3-6,13-15,17-18H2,1-2H3;. The summed E-state index contributed by atoms with van der Waals surface area (Å²) in [5.41, 5.74) is 5.06. The van der Waals surface area contributed by atoms with E-state index < -0.39 is 5.92 Å². The molecule has 34 heavy (non-hydrogen) atoms. The number of rotatable bonds is 10. The van der Waals surface area contributed by atoms with E-state index in [1.54, 1.807) is 0 Å². The Morgan fingerprint density at radius 3 is 2.47 bits per heavy atom. The minimum absolute atomic E-state index is 0.125. The van der Waals surface area contributed by atoms with Gasteiger partial charge in [-0.1, -0.05) is 42.8 Å². The van der Waals surface area contributed by atoms with Crippen LogP contribution in [0, 0.1) is 0 Å². The van der Waals surface area contributed by atoms with Crippen molar-refractivity contribution in [3.63, 3.8) is 0 Å². The highest BCUT2D eigenvalue weighted by Gasteiger charge is 2.35. The van der Waals surface area contributed by atoms with Gasteiger partial charge in [0.2, 0.25) is 0 Å². The van der Waals surface area contributed by atoms with Crippen molar-refractivity contribution in [1.82, 2.24) is 0 Å². The number of thioether (sulfide) groups is 1. The zero-order valence-corrected chi connectivity index (χ0v) is 21.2. The molecule has 2 aromatic carbocycles.